The number of benzene rings is 2. The Morgan fingerprint density at radius 2 is 1.81 bits per heavy atom. The summed E-state index contributed by atoms with van der Waals surface area (Å²) in [5.74, 6) is 0.975. The molecule has 0 radical (unpaired) electrons. The van der Waals surface area contributed by atoms with E-state index in [1.807, 2.05) is 6.07 Å². The van der Waals surface area contributed by atoms with Crippen LogP contribution in [0.1, 0.15) is 24.1 Å². The molecule has 1 aliphatic carbocycles. The Labute approximate surface area is 158 Å². The molecule has 2 aromatic carbocycles. The zero-order chi connectivity index (χ0) is 19.0. The summed E-state index contributed by atoms with van der Waals surface area (Å²) in [6, 6.07) is 10.2. The lowest BCUT2D eigenvalue weighted by Gasteiger charge is -2.13. The zero-order valence-corrected chi connectivity index (χ0v) is 16.2. The first-order valence-electron chi connectivity index (χ1n) is 8.90. The summed E-state index contributed by atoms with van der Waals surface area (Å²) in [6.07, 6.45) is 4.31. The fourth-order valence-electron chi connectivity index (χ4n) is 3.65. The molecule has 0 spiro atoms. The van der Waals surface area contributed by atoms with Crippen molar-refractivity contribution >= 4 is 26.6 Å². The second-order valence-corrected chi connectivity index (χ2v) is 8.35. The summed E-state index contributed by atoms with van der Waals surface area (Å²) in [5, 5.41) is 0.991. The zero-order valence-electron chi connectivity index (χ0n) is 15.3. The predicted octanol–water partition coefficient (Wildman–Crippen LogP) is 3.86. The van der Waals surface area contributed by atoms with E-state index < -0.39 is 10.0 Å². The molecule has 1 aromatic heterocycles. The van der Waals surface area contributed by atoms with Crippen LogP contribution in [0.5, 0.6) is 11.5 Å². The Kier molecular flexibility index (Phi) is 4.47. The van der Waals surface area contributed by atoms with Crippen molar-refractivity contribution in [2.24, 2.45) is 0 Å². The minimum Gasteiger partial charge on any atom is -0.497 e. The summed E-state index contributed by atoms with van der Waals surface area (Å²) in [5.41, 5.74) is 3.80. The molecule has 0 saturated carbocycles. The van der Waals surface area contributed by atoms with Crippen LogP contribution >= 0.6 is 0 Å². The minimum atomic E-state index is -3.77. The minimum absolute atomic E-state index is 0.229. The maximum Gasteiger partial charge on any atom is 0.262 e. The Morgan fingerprint density at radius 1 is 1.00 bits per heavy atom. The van der Waals surface area contributed by atoms with Crippen LogP contribution in [0.2, 0.25) is 0 Å². The van der Waals surface area contributed by atoms with Crippen molar-refractivity contribution in [3.05, 3.63) is 47.7 Å². The average molecular weight is 386 g/mol. The molecule has 1 heterocycles. The predicted molar refractivity (Wildman–Crippen MR) is 105 cm³/mol. The third kappa shape index (κ3) is 3.23. The van der Waals surface area contributed by atoms with Gasteiger partial charge in [0.2, 0.25) is 0 Å². The van der Waals surface area contributed by atoms with Crippen LogP contribution in [-0.2, 0) is 22.9 Å². The number of aryl methyl sites for hydroxylation is 2. The van der Waals surface area contributed by atoms with Crippen molar-refractivity contribution in [1.82, 2.24) is 4.98 Å². The summed E-state index contributed by atoms with van der Waals surface area (Å²) in [6.45, 7) is 0. The van der Waals surface area contributed by atoms with Crippen molar-refractivity contribution < 1.29 is 17.9 Å². The fraction of sp³-hybridized carbons (Fsp3) is 0.300. The number of fused-ring (bicyclic) bond motifs is 3. The van der Waals surface area contributed by atoms with Gasteiger partial charge in [0.25, 0.3) is 10.0 Å². The molecule has 0 atom stereocenters. The molecule has 0 bridgehead atoms. The molecule has 0 unspecified atom stereocenters. The van der Waals surface area contributed by atoms with E-state index in [9.17, 15) is 8.42 Å². The SMILES string of the molecule is COc1ccc(OC)c(NS(=O)(=O)c2ccc3[nH]c4c(c3c2)CCCC4)c1. The fourth-order valence-corrected chi connectivity index (χ4v) is 4.74. The van der Waals surface area contributed by atoms with Gasteiger partial charge in [-0.15, -0.1) is 0 Å². The summed E-state index contributed by atoms with van der Waals surface area (Å²) >= 11 is 0. The van der Waals surface area contributed by atoms with E-state index in [4.69, 9.17) is 9.47 Å². The van der Waals surface area contributed by atoms with Gasteiger partial charge in [0.15, 0.2) is 0 Å². The van der Waals surface area contributed by atoms with E-state index in [2.05, 4.69) is 9.71 Å². The molecule has 4 rings (SSSR count). The highest BCUT2D eigenvalue weighted by molar-refractivity contribution is 7.92. The Hall–Kier alpha value is -2.67. The maximum atomic E-state index is 13.0. The van der Waals surface area contributed by atoms with Crippen LogP contribution < -0.4 is 14.2 Å². The van der Waals surface area contributed by atoms with E-state index in [0.717, 1.165) is 30.2 Å². The lowest BCUT2D eigenvalue weighted by atomic mass is 9.96. The van der Waals surface area contributed by atoms with Gasteiger partial charge < -0.3 is 14.5 Å². The van der Waals surface area contributed by atoms with Gasteiger partial charge in [-0.05, 0) is 61.6 Å². The third-order valence-corrected chi connectivity index (χ3v) is 6.39. The first kappa shape index (κ1) is 17.7. The van der Waals surface area contributed by atoms with Crippen molar-refractivity contribution in [3.8, 4) is 11.5 Å². The molecule has 0 saturated heterocycles. The number of hydrogen-bond acceptors (Lipinski definition) is 4. The second-order valence-electron chi connectivity index (χ2n) is 6.67. The molecular formula is C20H22N2O4S. The van der Waals surface area contributed by atoms with Crippen LogP contribution in [0.15, 0.2) is 41.3 Å². The standard InChI is InChI=1S/C20H22N2O4S/c1-25-13-7-10-20(26-2)19(11-13)22-27(23,24)14-8-9-18-16(12-14)15-5-3-4-6-17(15)21-18/h7-12,21-22H,3-6H2,1-2H3. The number of anilines is 1. The lowest BCUT2D eigenvalue weighted by Crippen LogP contribution is -2.13. The van der Waals surface area contributed by atoms with Gasteiger partial charge in [-0.2, -0.15) is 0 Å². The van der Waals surface area contributed by atoms with Crippen molar-refractivity contribution in [1.29, 1.82) is 0 Å². The first-order chi connectivity index (χ1) is 13.0. The third-order valence-electron chi connectivity index (χ3n) is 5.03. The van der Waals surface area contributed by atoms with Gasteiger partial charge in [-0.1, -0.05) is 0 Å². The number of methoxy groups -OCH3 is 2. The molecule has 0 amide bonds. The maximum absolute atomic E-state index is 13.0. The number of sulfonamides is 1. The van der Waals surface area contributed by atoms with Gasteiger partial charge in [0.1, 0.15) is 11.5 Å². The summed E-state index contributed by atoms with van der Waals surface area (Å²) in [7, 11) is -0.738. The molecule has 0 fully saturated rings. The van der Waals surface area contributed by atoms with E-state index >= 15 is 0 Å². The topological polar surface area (TPSA) is 80.4 Å². The monoisotopic (exact) mass is 386 g/mol. The van der Waals surface area contributed by atoms with Crippen LogP contribution in [-0.4, -0.2) is 27.6 Å². The largest absolute Gasteiger partial charge is 0.497 e. The number of nitrogens with one attached hydrogen (secondary N) is 2. The molecule has 3 aromatic rings. The number of rotatable bonds is 5. The number of hydrogen-bond donors (Lipinski definition) is 2. The molecule has 1 aliphatic rings. The molecule has 6 nitrogen and oxygen atoms in total. The summed E-state index contributed by atoms with van der Waals surface area (Å²) < 4.78 is 39.1. The van der Waals surface area contributed by atoms with Gasteiger partial charge in [-0.3, -0.25) is 4.72 Å². The van der Waals surface area contributed by atoms with Crippen LogP contribution in [0.3, 0.4) is 0 Å². The average Bonchev–Trinajstić information content (AvgIpc) is 3.05. The van der Waals surface area contributed by atoms with Crippen LogP contribution in [0, 0.1) is 0 Å². The molecule has 142 valence electrons. The van der Waals surface area contributed by atoms with Crippen molar-refractivity contribution in [3.63, 3.8) is 0 Å². The van der Waals surface area contributed by atoms with Crippen molar-refractivity contribution in [2.45, 2.75) is 30.6 Å². The Bertz CT molecular complexity index is 1100. The molecular weight excluding hydrogens is 364 g/mol. The normalized spacial score (nSPS) is 14.0. The highest BCUT2D eigenvalue weighted by atomic mass is 32.2. The summed E-state index contributed by atoms with van der Waals surface area (Å²) in [4.78, 5) is 3.65. The van der Waals surface area contributed by atoms with E-state index in [1.165, 1.54) is 31.9 Å². The second kappa shape index (κ2) is 6.81. The molecule has 27 heavy (non-hydrogen) atoms. The van der Waals surface area contributed by atoms with Gasteiger partial charge >= 0.3 is 0 Å². The number of H-pyrrole nitrogens is 1. The Balaban J connectivity index is 1.74. The van der Waals surface area contributed by atoms with Gasteiger partial charge in [-0.25, -0.2) is 8.42 Å². The highest BCUT2D eigenvalue weighted by Crippen LogP contribution is 2.33. The molecule has 2 N–H and O–H groups in total. The van der Waals surface area contributed by atoms with E-state index in [1.54, 1.807) is 30.3 Å². The number of aromatic amines is 1. The van der Waals surface area contributed by atoms with E-state index in [-0.39, 0.29) is 4.90 Å². The Morgan fingerprint density at radius 3 is 2.59 bits per heavy atom. The van der Waals surface area contributed by atoms with E-state index in [0.29, 0.717) is 17.2 Å². The van der Waals surface area contributed by atoms with Crippen molar-refractivity contribution in [2.75, 3.05) is 18.9 Å². The molecule has 0 aliphatic heterocycles. The first-order valence-corrected chi connectivity index (χ1v) is 10.4. The molecule has 7 heteroatoms. The van der Waals surface area contributed by atoms with Gasteiger partial charge in [0, 0.05) is 22.7 Å². The quantitative estimate of drug-likeness (QED) is 0.698. The number of aromatic nitrogens is 1. The smallest absolute Gasteiger partial charge is 0.262 e. The highest BCUT2D eigenvalue weighted by Gasteiger charge is 2.21. The number of ether oxygens (including phenoxy) is 2. The van der Waals surface area contributed by atoms with Crippen LogP contribution in [0.25, 0.3) is 10.9 Å². The van der Waals surface area contributed by atoms with Gasteiger partial charge in [0.05, 0.1) is 24.8 Å². The van der Waals surface area contributed by atoms with Crippen LogP contribution in [0.4, 0.5) is 5.69 Å². The lowest BCUT2D eigenvalue weighted by molar-refractivity contribution is 0.405.